The van der Waals surface area contributed by atoms with E-state index in [1.165, 1.54) is 7.11 Å². The predicted molar refractivity (Wildman–Crippen MR) is 90.1 cm³/mol. The molecule has 116 valence electrons. The zero-order valence-electron chi connectivity index (χ0n) is 12.8. The predicted octanol–water partition coefficient (Wildman–Crippen LogP) is 4.12. The Kier molecular flexibility index (Phi) is 5.45. The van der Waals surface area contributed by atoms with Crippen molar-refractivity contribution < 1.29 is 9.53 Å². The van der Waals surface area contributed by atoms with E-state index in [2.05, 4.69) is 6.07 Å². The Hall–Kier alpha value is -2.00. The number of esters is 1. The van der Waals surface area contributed by atoms with Crippen LogP contribution < -0.4 is 5.73 Å². The normalized spacial score (nSPS) is 12.0. The second kappa shape index (κ2) is 7.32. The fraction of sp³-hybridized carbons (Fsp3) is 0.278. The number of aryl methyl sites for hydroxylation is 2. The number of anilines is 1. The van der Waals surface area contributed by atoms with E-state index >= 15 is 0 Å². The number of nitrogens with two attached hydrogens (primary N) is 1. The summed E-state index contributed by atoms with van der Waals surface area (Å²) in [5.74, 6) is -0.560. The fourth-order valence-corrected chi connectivity index (χ4v) is 2.63. The summed E-state index contributed by atoms with van der Waals surface area (Å²) in [5, 5.41) is 0.648. The lowest BCUT2D eigenvalue weighted by molar-refractivity contribution is -0.142. The van der Waals surface area contributed by atoms with Crippen molar-refractivity contribution >= 4 is 23.3 Å². The third kappa shape index (κ3) is 4.01. The Morgan fingerprint density at radius 3 is 2.55 bits per heavy atom. The molecule has 0 saturated carbocycles. The first-order chi connectivity index (χ1) is 10.5. The molecular weight excluding hydrogens is 298 g/mol. The van der Waals surface area contributed by atoms with Gasteiger partial charge < -0.3 is 10.5 Å². The zero-order chi connectivity index (χ0) is 16.1. The minimum Gasteiger partial charge on any atom is -0.469 e. The molecule has 0 bridgehead atoms. The molecule has 2 aromatic carbocycles. The van der Waals surface area contributed by atoms with E-state index in [-0.39, 0.29) is 11.9 Å². The van der Waals surface area contributed by atoms with Crippen LogP contribution in [0.4, 0.5) is 5.69 Å². The standard InChI is InChI=1S/C18H20ClNO2/c1-12-3-10-17(20)14(11-12)6-9-16(18(21)22-2)13-4-7-15(19)8-5-13/h3-5,7-8,10-11,16H,6,9,20H2,1-2H3. The van der Waals surface area contributed by atoms with Crippen LogP contribution in [0.25, 0.3) is 0 Å². The summed E-state index contributed by atoms with van der Waals surface area (Å²) < 4.78 is 4.94. The number of methoxy groups -OCH3 is 1. The Morgan fingerprint density at radius 1 is 1.23 bits per heavy atom. The van der Waals surface area contributed by atoms with Gasteiger partial charge in [-0.15, -0.1) is 0 Å². The number of hydrogen-bond donors (Lipinski definition) is 1. The van der Waals surface area contributed by atoms with Crippen molar-refractivity contribution in [3.8, 4) is 0 Å². The first kappa shape index (κ1) is 16.4. The summed E-state index contributed by atoms with van der Waals surface area (Å²) in [6.45, 7) is 2.03. The largest absolute Gasteiger partial charge is 0.469 e. The fourth-order valence-electron chi connectivity index (χ4n) is 2.51. The third-order valence-corrected chi connectivity index (χ3v) is 4.01. The third-order valence-electron chi connectivity index (χ3n) is 3.76. The maximum absolute atomic E-state index is 12.1. The van der Waals surface area contributed by atoms with Crippen LogP contribution in [0.5, 0.6) is 0 Å². The van der Waals surface area contributed by atoms with Crippen LogP contribution in [0.15, 0.2) is 42.5 Å². The first-order valence-electron chi connectivity index (χ1n) is 7.19. The molecule has 22 heavy (non-hydrogen) atoms. The molecule has 1 unspecified atom stereocenters. The van der Waals surface area contributed by atoms with Crippen molar-refractivity contribution in [3.63, 3.8) is 0 Å². The molecule has 0 aromatic heterocycles. The van der Waals surface area contributed by atoms with E-state index in [9.17, 15) is 4.79 Å². The Bertz CT molecular complexity index is 653. The van der Waals surface area contributed by atoms with Gasteiger partial charge in [-0.2, -0.15) is 0 Å². The van der Waals surface area contributed by atoms with E-state index in [1.54, 1.807) is 12.1 Å². The summed E-state index contributed by atoms with van der Waals surface area (Å²) in [5.41, 5.74) is 9.89. The van der Waals surface area contributed by atoms with Gasteiger partial charge in [-0.05, 0) is 49.1 Å². The number of carbonyl (C=O) groups excluding carboxylic acids is 1. The molecule has 1 atom stereocenters. The Balaban J connectivity index is 2.18. The molecule has 4 heteroatoms. The number of nitrogen functional groups attached to an aromatic ring is 1. The maximum Gasteiger partial charge on any atom is 0.313 e. The lowest BCUT2D eigenvalue weighted by atomic mass is 9.91. The van der Waals surface area contributed by atoms with E-state index < -0.39 is 0 Å². The van der Waals surface area contributed by atoms with Crippen LogP contribution >= 0.6 is 11.6 Å². The zero-order valence-corrected chi connectivity index (χ0v) is 13.6. The minimum atomic E-state index is -0.317. The summed E-state index contributed by atoms with van der Waals surface area (Å²) in [4.78, 5) is 12.1. The molecule has 0 aliphatic heterocycles. The van der Waals surface area contributed by atoms with Gasteiger partial charge in [0.1, 0.15) is 0 Å². The average molecular weight is 318 g/mol. The van der Waals surface area contributed by atoms with E-state index in [1.807, 2.05) is 31.2 Å². The van der Waals surface area contributed by atoms with Gasteiger partial charge in [0.2, 0.25) is 0 Å². The summed E-state index contributed by atoms with van der Waals surface area (Å²) in [6, 6.07) is 13.2. The van der Waals surface area contributed by atoms with Gasteiger partial charge in [-0.3, -0.25) is 4.79 Å². The highest BCUT2D eigenvalue weighted by atomic mass is 35.5. The lowest BCUT2D eigenvalue weighted by Crippen LogP contribution is -2.15. The van der Waals surface area contributed by atoms with E-state index in [4.69, 9.17) is 22.1 Å². The molecule has 0 fully saturated rings. The summed E-state index contributed by atoms with van der Waals surface area (Å²) in [6.07, 6.45) is 1.36. The molecule has 0 amide bonds. The smallest absolute Gasteiger partial charge is 0.313 e. The molecular formula is C18H20ClNO2. The van der Waals surface area contributed by atoms with Crippen LogP contribution in [0.3, 0.4) is 0 Å². The summed E-state index contributed by atoms with van der Waals surface area (Å²) >= 11 is 5.91. The van der Waals surface area contributed by atoms with Crippen LogP contribution in [-0.2, 0) is 16.0 Å². The van der Waals surface area contributed by atoms with Crippen LogP contribution in [-0.4, -0.2) is 13.1 Å². The van der Waals surface area contributed by atoms with Gasteiger partial charge in [0, 0.05) is 10.7 Å². The number of benzene rings is 2. The molecule has 2 aromatic rings. The number of hydrogen-bond acceptors (Lipinski definition) is 3. The molecule has 0 heterocycles. The molecule has 0 aliphatic rings. The highest BCUT2D eigenvalue weighted by Gasteiger charge is 2.21. The maximum atomic E-state index is 12.1. The van der Waals surface area contributed by atoms with Crippen LogP contribution in [0.1, 0.15) is 29.0 Å². The molecule has 2 rings (SSSR count). The summed E-state index contributed by atoms with van der Waals surface area (Å²) in [7, 11) is 1.41. The van der Waals surface area contributed by atoms with Gasteiger partial charge in [-0.1, -0.05) is 41.4 Å². The lowest BCUT2D eigenvalue weighted by Gasteiger charge is -2.16. The van der Waals surface area contributed by atoms with Gasteiger partial charge in [0.25, 0.3) is 0 Å². The topological polar surface area (TPSA) is 52.3 Å². The van der Waals surface area contributed by atoms with Gasteiger partial charge in [-0.25, -0.2) is 0 Å². The highest BCUT2D eigenvalue weighted by molar-refractivity contribution is 6.30. The van der Waals surface area contributed by atoms with E-state index in [0.717, 1.165) is 28.8 Å². The average Bonchev–Trinajstić information content (AvgIpc) is 2.52. The van der Waals surface area contributed by atoms with Crippen LogP contribution in [0.2, 0.25) is 5.02 Å². The molecule has 3 nitrogen and oxygen atoms in total. The van der Waals surface area contributed by atoms with Crippen molar-refractivity contribution in [3.05, 3.63) is 64.2 Å². The van der Waals surface area contributed by atoms with Gasteiger partial charge >= 0.3 is 5.97 Å². The molecule has 0 spiro atoms. The number of rotatable bonds is 5. The second-order valence-corrected chi connectivity index (χ2v) is 5.80. The first-order valence-corrected chi connectivity index (χ1v) is 7.57. The van der Waals surface area contributed by atoms with Crippen molar-refractivity contribution in [2.24, 2.45) is 0 Å². The van der Waals surface area contributed by atoms with Gasteiger partial charge in [0.15, 0.2) is 0 Å². The Morgan fingerprint density at radius 2 is 1.91 bits per heavy atom. The number of ether oxygens (including phenoxy) is 1. The second-order valence-electron chi connectivity index (χ2n) is 5.37. The van der Waals surface area contributed by atoms with Crippen LogP contribution in [0, 0.1) is 6.92 Å². The monoisotopic (exact) mass is 317 g/mol. The number of halogens is 1. The molecule has 0 radical (unpaired) electrons. The van der Waals surface area contributed by atoms with Crippen molar-refractivity contribution in [2.75, 3.05) is 12.8 Å². The molecule has 0 aliphatic carbocycles. The molecule has 2 N–H and O–H groups in total. The van der Waals surface area contributed by atoms with Crippen molar-refractivity contribution in [1.82, 2.24) is 0 Å². The number of carbonyl (C=O) groups is 1. The molecule has 0 saturated heterocycles. The Labute approximate surface area is 136 Å². The van der Waals surface area contributed by atoms with Gasteiger partial charge in [0.05, 0.1) is 13.0 Å². The van der Waals surface area contributed by atoms with Crippen molar-refractivity contribution in [2.45, 2.75) is 25.7 Å². The quantitative estimate of drug-likeness (QED) is 0.666. The highest BCUT2D eigenvalue weighted by Crippen LogP contribution is 2.26. The van der Waals surface area contributed by atoms with E-state index in [0.29, 0.717) is 11.4 Å². The van der Waals surface area contributed by atoms with Crippen molar-refractivity contribution in [1.29, 1.82) is 0 Å². The SMILES string of the molecule is COC(=O)C(CCc1cc(C)ccc1N)c1ccc(Cl)cc1. The minimum absolute atomic E-state index is 0.242.